The van der Waals surface area contributed by atoms with E-state index < -0.39 is 5.85 Å². The van der Waals surface area contributed by atoms with Crippen molar-refractivity contribution in [3.8, 4) is 0 Å². The first kappa shape index (κ1) is 6.99. The van der Waals surface area contributed by atoms with Crippen molar-refractivity contribution in [1.29, 1.82) is 0 Å². The van der Waals surface area contributed by atoms with Crippen LogP contribution in [0.15, 0.2) is 0 Å². The molecule has 3 heteroatoms. The minimum Gasteiger partial charge on any atom is -0.363 e. The first-order chi connectivity index (χ1) is 4.21. The van der Waals surface area contributed by atoms with Gasteiger partial charge in [0.2, 0.25) is 0 Å². The molecule has 1 saturated heterocycles. The molecule has 0 aromatic rings. The molecular formula is C6H14N2O. The van der Waals surface area contributed by atoms with E-state index in [1.165, 1.54) is 6.42 Å². The Morgan fingerprint density at radius 1 is 1.33 bits per heavy atom. The summed E-state index contributed by atoms with van der Waals surface area (Å²) in [6.07, 6.45) is 4.00. The molecule has 1 atom stereocenters. The first-order valence-corrected chi connectivity index (χ1v) is 3.47. The van der Waals surface area contributed by atoms with Crippen molar-refractivity contribution < 1.29 is 5.11 Å². The predicted molar refractivity (Wildman–Crippen MR) is 35.6 cm³/mol. The fourth-order valence-electron chi connectivity index (χ4n) is 1.09. The zero-order valence-electron chi connectivity index (χ0n) is 5.56. The molecule has 1 rings (SSSR count). The summed E-state index contributed by atoms with van der Waals surface area (Å²) >= 11 is 0. The second-order valence-corrected chi connectivity index (χ2v) is 2.66. The zero-order valence-corrected chi connectivity index (χ0v) is 5.56. The first-order valence-electron chi connectivity index (χ1n) is 3.47. The average molecular weight is 130 g/mol. The van der Waals surface area contributed by atoms with Gasteiger partial charge in [-0.15, -0.1) is 0 Å². The van der Waals surface area contributed by atoms with Gasteiger partial charge in [0.1, 0.15) is 0 Å². The Hall–Kier alpha value is -0.120. The lowest BCUT2D eigenvalue weighted by atomic mass is 10.2. The van der Waals surface area contributed by atoms with E-state index in [-0.39, 0.29) is 0 Å². The Bertz CT molecular complexity index is 83.1. The molecule has 4 N–H and O–H groups in total. The van der Waals surface area contributed by atoms with Gasteiger partial charge in [0.05, 0.1) is 0 Å². The minimum atomic E-state index is -1.09. The molecule has 9 heavy (non-hydrogen) atoms. The van der Waals surface area contributed by atoms with Crippen molar-refractivity contribution in [2.75, 3.05) is 6.54 Å². The number of rotatable bonds is 0. The summed E-state index contributed by atoms with van der Waals surface area (Å²) in [6, 6.07) is 0. The van der Waals surface area contributed by atoms with Gasteiger partial charge in [0, 0.05) is 6.42 Å². The zero-order chi connectivity index (χ0) is 6.74. The van der Waals surface area contributed by atoms with Crippen molar-refractivity contribution in [3.63, 3.8) is 0 Å². The maximum Gasteiger partial charge on any atom is 0.169 e. The second-order valence-electron chi connectivity index (χ2n) is 2.66. The molecule has 1 aliphatic heterocycles. The third kappa shape index (κ3) is 2.30. The van der Waals surface area contributed by atoms with Crippen LogP contribution in [0.25, 0.3) is 0 Å². The summed E-state index contributed by atoms with van der Waals surface area (Å²) in [6.45, 7) is 0.840. The highest BCUT2D eigenvalue weighted by molar-refractivity contribution is 4.70. The highest BCUT2D eigenvalue weighted by Crippen LogP contribution is 2.10. The van der Waals surface area contributed by atoms with Crippen LogP contribution in [-0.4, -0.2) is 17.5 Å². The number of hydrogen-bond donors (Lipinski definition) is 3. The van der Waals surface area contributed by atoms with Crippen LogP contribution in [0.1, 0.15) is 25.7 Å². The van der Waals surface area contributed by atoms with Gasteiger partial charge >= 0.3 is 0 Å². The second kappa shape index (κ2) is 2.64. The number of nitrogens with one attached hydrogen (secondary N) is 1. The Morgan fingerprint density at radius 2 is 2.11 bits per heavy atom. The van der Waals surface area contributed by atoms with Crippen LogP contribution in [-0.2, 0) is 0 Å². The van der Waals surface area contributed by atoms with Gasteiger partial charge in [-0.3, -0.25) is 11.1 Å². The number of nitrogens with two attached hydrogens (primary N) is 1. The molecule has 1 fully saturated rings. The van der Waals surface area contributed by atoms with E-state index in [1.54, 1.807) is 0 Å². The van der Waals surface area contributed by atoms with Crippen LogP contribution in [0.4, 0.5) is 0 Å². The van der Waals surface area contributed by atoms with E-state index >= 15 is 0 Å². The number of aliphatic hydroxyl groups is 1. The Kier molecular flexibility index (Phi) is 2.05. The molecule has 0 amide bonds. The van der Waals surface area contributed by atoms with Crippen molar-refractivity contribution in [2.24, 2.45) is 5.73 Å². The van der Waals surface area contributed by atoms with Crippen molar-refractivity contribution in [2.45, 2.75) is 31.5 Å². The van der Waals surface area contributed by atoms with E-state index in [2.05, 4.69) is 5.32 Å². The van der Waals surface area contributed by atoms with Gasteiger partial charge in [-0.25, -0.2) is 0 Å². The Labute approximate surface area is 55.2 Å². The maximum absolute atomic E-state index is 9.22. The summed E-state index contributed by atoms with van der Waals surface area (Å²) < 4.78 is 0. The molecule has 0 bridgehead atoms. The summed E-state index contributed by atoms with van der Waals surface area (Å²) in [5, 5.41) is 12.1. The summed E-state index contributed by atoms with van der Waals surface area (Å²) in [4.78, 5) is 0. The third-order valence-corrected chi connectivity index (χ3v) is 1.67. The van der Waals surface area contributed by atoms with Gasteiger partial charge < -0.3 is 5.11 Å². The molecule has 1 aliphatic rings. The van der Waals surface area contributed by atoms with Crippen LogP contribution in [0.2, 0.25) is 0 Å². The third-order valence-electron chi connectivity index (χ3n) is 1.67. The van der Waals surface area contributed by atoms with E-state index in [4.69, 9.17) is 5.73 Å². The molecule has 0 aromatic heterocycles. The van der Waals surface area contributed by atoms with E-state index in [0.29, 0.717) is 6.42 Å². The van der Waals surface area contributed by atoms with Crippen LogP contribution < -0.4 is 11.1 Å². The van der Waals surface area contributed by atoms with Crippen molar-refractivity contribution >= 4 is 0 Å². The van der Waals surface area contributed by atoms with Gasteiger partial charge in [0.25, 0.3) is 0 Å². The lowest BCUT2D eigenvalue weighted by Gasteiger charge is -2.21. The van der Waals surface area contributed by atoms with E-state index in [9.17, 15) is 5.11 Å². The fraction of sp³-hybridized carbons (Fsp3) is 1.00. The van der Waals surface area contributed by atoms with Gasteiger partial charge in [-0.05, 0) is 19.4 Å². The topological polar surface area (TPSA) is 58.3 Å². The van der Waals surface area contributed by atoms with Crippen LogP contribution in [0, 0.1) is 0 Å². The lowest BCUT2D eigenvalue weighted by molar-refractivity contribution is 0.00792. The molecule has 1 heterocycles. The Morgan fingerprint density at radius 3 is 2.89 bits per heavy atom. The monoisotopic (exact) mass is 130 g/mol. The highest BCUT2D eigenvalue weighted by Gasteiger charge is 2.20. The van der Waals surface area contributed by atoms with Gasteiger partial charge in [-0.2, -0.15) is 0 Å². The summed E-state index contributed by atoms with van der Waals surface area (Å²) in [5.74, 6) is -1.09. The maximum atomic E-state index is 9.22. The predicted octanol–water partition coefficient (Wildman–Crippen LogP) is -0.245. The Balaban J connectivity index is 2.36. The van der Waals surface area contributed by atoms with Gasteiger partial charge in [0.15, 0.2) is 5.85 Å². The lowest BCUT2D eigenvalue weighted by Crippen LogP contribution is -2.52. The molecule has 0 aromatic carbocycles. The summed E-state index contributed by atoms with van der Waals surface area (Å²) in [5.41, 5.74) is 5.42. The molecule has 1 unspecified atom stereocenters. The van der Waals surface area contributed by atoms with Crippen molar-refractivity contribution in [3.05, 3.63) is 0 Å². The molecule has 3 nitrogen and oxygen atoms in total. The number of hydrogen-bond acceptors (Lipinski definition) is 3. The normalized spacial score (nSPS) is 38.0. The average Bonchev–Trinajstić information content (AvgIpc) is 1.92. The largest absolute Gasteiger partial charge is 0.363 e. The van der Waals surface area contributed by atoms with Crippen molar-refractivity contribution in [1.82, 2.24) is 5.32 Å². The van der Waals surface area contributed by atoms with E-state index in [0.717, 1.165) is 19.4 Å². The fourth-order valence-corrected chi connectivity index (χ4v) is 1.09. The van der Waals surface area contributed by atoms with Crippen LogP contribution in [0.3, 0.4) is 0 Å². The molecule has 54 valence electrons. The van der Waals surface area contributed by atoms with Crippen LogP contribution in [0.5, 0.6) is 0 Å². The molecular weight excluding hydrogens is 116 g/mol. The van der Waals surface area contributed by atoms with Gasteiger partial charge in [-0.1, -0.05) is 6.42 Å². The smallest absolute Gasteiger partial charge is 0.169 e. The molecule has 0 spiro atoms. The standard InChI is InChI=1S/C6H14N2O/c7-6(9)4-2-1-3-5-8-6/h8-9H,1-5,7H2. The minimum absolute atomic E-state index is 0.674. The molecule has 0 radical (unpaired) electrons. The highest BCUT2D eigenvalue weighted by atomic mass is 16.3. The molecule has 0 saturated carbocycles. The quantitative estimate of drug-likeness (QED) is 0.396. The van der Waals surface area contributed by atoms with Crippen LogP contribution >= 0.6 is 0 Å². The van der Waals surface area contributed by atoms with E-state index in [1.807, 2.05) is 0 Å². The SMILES string of the molecule is NC1(O)CCCCCN1. The molecule has 0 aliphatic carbocycles. The summed E-state index contributed by atoms with van der Waals surface area (Å²) in [7, 11) is 0.